The number of hydrogen-bond acceptors (Lipinski definition) is 3. The molecule has 1 fully saturated rings. The van der Waals surface area contributed by atoms with E-state index in [1.165, 1.54) is 0 Å². The highest BCUT2D eigenvalue weighted by Gasteiger charge is 2.49. The molecule has 1 aliphatic heterocycles. The number of carbonyl (C=O) groups is 3. The van der Waals surface area contributed by atoms with E-state index in [4.69, 9.17) is 0 Å². The minimum absolute atomic E-state index is 0.0344. The van der Waals surface area contributed by atoms with Crippen LogP contribution in [0.25, 0.3) is 0 Å². The Balaban J connectivity index is 2.21. The monoisotopic (exact) mass is 289 g/mol. The summed E-state index contributed by atoms with van der Waals surface area (Å²) in [5.41, 5.74) is -0.163. The molecule has 2 rings (SSSR count). The lowest BCUT2D eigenvalue weighted by Gasteiger charge is -2.28. The van der Waals surface area contributed by atoms with Gasteiger partial charge < -0.3 is 14.8 Å². The Morgan fingerprint density at radius 3 is 2.67 bits per heavy atom. The third-order valence-corrected chi connectivity index (χ3v) is 4.23. The number of benzene rings is 1. The van der Waals surface area contributed by atoms with Gasteiger partial charge in [-0.15, -0.1) is 0 Å². The largest absolute Gasteiger partial charge is 0.481 e. The molecule has 1 heterocycles. The molecule has 0 aliphatic carbocycles. The minimum Gasteiger partial charge on any atom is -0.481 e. The van der Waals surface area contributed by atoms with Crippen molar-refractivity contribution in [2.45, 2.75) is 32.2 Å². The van der Waals surface area contributed by atoms with E-state index in [0.717, 1.165) is 5.56 Å². The summed E-state index contributed by atoms with van der Waals surface area (Å²) in [5.74, 6) is -1.17. The van der Waals surface area contributed by atoms with E-state index in [0.29, 0.717) is 6.29 Å². The van der Waals surface area contributed by atoms with Crippen LogP contribution in [0.2, 0.25) is 0 Å². The van der Waals surface area contributed by atoms with Gasteiger partial charge in [-0.25, -0.2) is 0 Å². The number of hydrogen-bond donors (Lipinski definition) is 1. The van der Waals surface area contributed by atoms with Crippen LogP contribution in [-0.4, -0.2) is 34.7 Å². The smallest absolute Gasteiger partial charge is 0.311 e. The molecular formula is C16H19NO4. The first kappa shape index (κ1) is 15.2. The standard InChI is InChI=1S/C16H19NO4/c1-12(13-6-3-2-4-7-13)17-11-16(15(20)21,8-5-9-18)10-14(17)19/h2-4,6-7,9,12H,5,8,10-11H2,1H3,(H,20,21)/t12-,16+/m1/s1. The Labute approximate surface area is 123 Å². The van der Waals surface area contributed by atoms with Crippen molar-refractivity contribution in [3.8, 4) is 0 Å². The van der Waals surface area contributed by atoms with Gasteiger partial charge in [-0.2, -0.15) is 0 Å². The predicted octanol–water partition coefficient (Wildman–Crippen LogP) is 2.03. The molecule has 0 radical (unpaired) electrons. The molecule has 0 bridgehead atoms. The average molecular weight is 289 g/mol. The number of amides is 1. The quantitative estimate of drug-likeness (QED) is 0.813. The lowest BCUT2D eigenvalue weighted by atomic mass is 9.82. The highest BCUT2D eigenvalue weighted by molar-refractivity contribution is 5.89. The van der Waals surface area contributed by atoms with Gasteiger partial charge in [0.2, 0.25) is 5.91 Å². The number of aliphatic carboxylic acids is 1. The van der Waals surface area contributed by atoms with Crippen LogP contribution < -0.4 is 0 Å². The van der Waals surface area contributed by atoms with E-state index in [-0.39, 0.29) is 37.8 Å². The van der Waals surface area contributed by atoms with Crippen molar-refractivity contribution in [1.29, 1.82) is 0 Å². The van der Waals surface area contributed by atoms with E-state index < -0.39 is 11.4 Å². The molecule has 2 atom stereocenters. The van der Waals surface area contributed by atoms with Crippen molar-refractivity contribution in [2.75, 3.05) is 6.54 Å². The zero-order chi connectivity index (χ0) is 15.5. The second-order valence-corrected chi connectivity index (χ2v) is 5.58. The second kappa shape index (κ2) is 6.08. The third kappa shape index (κ3) is 2.96. The Morgan fingerprint density at radius 1 is 1.43 bits per heavy atom. The third-order valence-electron chi connectivity index (χ3n) is 4.23. The zero-order valence-electron chi connectivity index (χ0n) is 12.0. The molecule has 1 aromatic carbocycles. The fraction of sp³-hybridized carbons (Fsp3) is 0.438. The summed E-state index contributed by atoms with van der Waals surface area (Å²) in [5, 5.41) is 9.48. The van der Waals surface area contributed by atoms with E-state index in [9.17, 15) is 19.5 Å². The Kier molecular flexibility index (Phi) is 4.40. The normalized spacial score (nSPS) is 23.1. The molecule has 1 aliphatic rings. The molecule has 1 aromatic rings. The molecule has 0 aromatic heterocycles. The average Bonchev–Trinajstić information content (AvgIpc) is 2.83. The second-order valence-electron chi connectivity index (χ2n) is 5.58. The minimum atomic E-state index is -1.14. The van der Waals surface area contributed by atoms with Crippen molar-refractivity contribution in [1.82, 2.24) is 4.90 Å². The summed E-state index contributed by atoms with van der Waals surface area (Å²) in [6.45, 7) is 2.05. The summed E-state index contributed by atoms with van der Waals surface area (Å²) in [6, 6.07) is 9.35. The molecule has 21 heavy (non-hydrogen) atoms. The van der Waals surface area contributed by atoms with Crippen LogP contribution in [0.3, 0.4) is 0 Å². The molecule has 5 heteroatoms. The fourth-order valence-corrected chi connectivity index (χ4v) is 2.88. The summed E-state index contributed by atoms with van der Waals surface area (Å²) in [6.07, 6.45) is 1.04. The summed E-state index contributed by atoms with van der Waals surface area (Å²) in [4.78, 5) is 36.0. The number of carboxylic acids is 1. The summed E-state index contributed by atoms with van der Waals surface area (Å²) >= 11 is 0. The number of rotatable bonds is 6. The van der Waals surface area contributed by atoms with Crippen molar-refractivity contribution >= 4 is 18.2 Å². The zero-order valence-corrected chi connectivity index (χ0v) is 12.0. The predicted molar refractivity (Wildman–Crippen MR) is 76.6 cm³/mol. The lowest BCUT2D eigenvalue weighted by Crippen LogP contribution is -2.36. The first-order valence-electron chi connectivity index (χ1n) is 7.01. The van der Waals surface area contributed by atoms with Gasteiger partial charge in [-0.05, 0) is 18.9 Å². The molecule has 0 saturated carbocycles. The van der Waals surface area contributed by atoms with Crippen LogP contribution >= 0.6 is 0 Å². The van der Waals surface area contributed by atoms with Gasteiger partial charge in [0.05, 0.1) is 11.5 Å². The Morgan fingerprint density at radius 2 is 2.10 bits per heavy atom. The number of carbonyl (C=O) groups excluding carboxylic acids is 2. The molecule has 0 spiro atoms. The fourth-order valence-electron chi connectivity index (χ4n) is 2.88. The number of likely N-dealkylation sites (tertiary alicyclic amines) is 1. The van der Waals surface area contributed by atoms with Crippen molar-refractivity contribution < 1.29 is 19.5 Å². The number of nitrogens with zero attached hydrogens (tertiary/aromatic N) is 1. The van der Waals surface area contributed by atoms with Gasteiger partial charge in [0, 0.05) is 19.4 Å². The lowest BCUT2D eigenvalue weighted by molar-refractivity contribution is -0.149. The SMILES string of the molecule is C[C@H](c1ccccc1)N1C[C@@](CCC=O)(C(=O)O)CC1=O. The van der Waals surface area contributed by atoms with Crippen LogP contribution in [0.5, 0.6) is 0 Å². The van der Waals surface area contributed by atoms with Crippen LogP contribution in [0, 0.1) is 5.41 Å². The van der Waals surface area contributed by atoms with Crippen LogP contribution in [0.4, 0.5) is 0 Å². The van der Waals surface area contributed by atoms with Crippen LogP contribution in [-0.2, 0) is 14.4 Å². The van der Waals surface area contributed by atoms with E-state index in [1.807, 2.05) is 37.3 Å². The number of carboxylic acid groups (broad SMARTS) is 1. The first-order chi connectivity index (χ1) is 10.00. The van der Waals surface area contributed by atoms with Crippen LogP contribution in [0.15, 0.2) is 30.3 Å². The molecular weight excluding hydrogens is 270 g/mol. The van der Waals surface area contributed by atoms with Gasteiger partial charge in [0.1, 0.15) is 6.29 Å². The molecule has 1 N–H and O–H groups in total. The van der Waals surface area contributed by atoms with Crippen molar-refractivity contribution in [3.05, 3.63) is 35.9 Å². The Bertz CT molecular complexity index is 542. The maximum atomic E-state index is 12.2. The van der Waals surface area contributed by atoms with Gasteiger partial charge in [-0.3, -0.25) is 9.59 Å². The highest BCUT2D eigenvalue weighted by atomic mass is 16.4. The summed E-state index contributed by atoms with van der Waals surface area (Å²) < 4.78 is 0. The molecule has 0 unspecified atom stereocenters. The maximum Gasteiger partial charge on any atom is 0.311 e. The topological polar surface area (TPSA) is 74.7 Å². The van der Waals surface area contributed by atoms with Gasteiger partial charge in [0.25, 0.3) is 0 Å². The van der Waals surface area contributed by atoms with Crippen molar-refractivity contribution in [2.24, 2.45) is 5.41 Å². The maximum absolute atomic E-state index is 12.2. The summed E-state index contributed by atoms with van der Waals surface area (Å²) in [7, 11) is 0. The van der Waals surface area contributed by atoms with Crippen molar-refractivity contribution in [3.63, 3.8) is 0 Å². The first-order valence-corrected chi connectivity index (χ1v) is 7.01. The molecule has 112 valence electrons. The van der Waals surface area contributed by atoms with Crippen LogP contribution in [0.1, 0.15) is 37.8 Å². The highest BCUT2D eigenvalue weighted by Crippen LogP contribution is 2.39. The number of aldehydes is 1. The van der Waals surface area contributed by atoms with Gasteiger partial charge in [-0.1, -0.05) is 30.3 Å². The Hall–Kier alpha value is -2.17. The van der Waals surface area contributed by atoms with E-state index >= 15 is 0 Å². The van der Waals surface area contributed by atoms with Gasteiger partial charge in [0.15, 0.2) is 0 Å². The molecule has 1 saturated heterocycles. The molecule has 1 amide bonds. The van der Waals surface area contributed by atoms with E-state index in [2.05, 4.69) is 0 Å². The molecule has 5 nitrogen and oxygen atoms in total. The van der Waals surface area contributed by atoms with E-state index in [1.54, 1.807) is 4.90 Å². The van der Waals surface area contributed by atoms with Gasteiger partial charge >= 0.3 is 5.97 Å².